The Bertz CT molecular complexity index is 226. The molecule has 1 N–H and O–H groups in total. The van der Waals surface area contributed by atoms with E-state index in [1.807, 2.05) is 6.92 Å². The van der Waals surface area contributed by atoms with Gasteiger partial charge in [0.2, 0.25) is 0 Å². The highest BCUT2D eigenvalue weighted by Gasteiger charge is 2.34. The average Bonchev–Trinajstić information content (AvgIpc) is 2.62. The first-order valence-corrected chi connectivity index (χ1v) is 5.26. The number of piperidine rings is 1. The Kier molecular flexibility index (Phi) is 2.87. The highest BCUT2D eigenvalue weighted by atomic mass is 15.2. The molecule has 72 valence electrons. The van der Waals surface area contributed by atoms with E-state index in [4.69, 9.17) is 0 Å². The van der Waals surface area contributed by atoms with E-state index in [1.165, 1.54) is 32.5 Å². The molecule has 2 heterocycles. The number of likely N-dealkylation sites (tertiary alicyclic amines) is 1. The lowest BCUT2D eigenvalue weighted by Crippen LogP contribution is -2.45. The van der Waals surface area contributed by atoms with Gasteiger partial charge in [0.1, 0.15) is 0 Å². The first-order chi connectivity index (χ1) is 6.42. The molecule has 0 amide bonds. The van der Waals surface area contributed by atoms with Crippen LogP contribution in [0.3, 0.4) is 0 Å². The molecule has 0 aromatic carbocycles. The minimum absolute atomic E-state index is 0.773. The Hall–Kier alpha value is -0.520. The van der Waals surface area contributed by atoms with Crippen LogP contribution in [0.1, 0.15) is 19.8 Å². The van der Waals surface area contributed by atoms with E-state index in [1.54, 1.807) is 0 Å². The standard InChI is InChI=1S/C11H18N2/c1-2-3-6-13-7-4-5-10-8-12-9-11(10)13/h10-12H,4-9H2,1H3. The molecule has 13 heavy (non-hydrogen) atoms. The molecule has 0 aliphatic carbocycles. The second-order valence-corrected chi connectivity index (χ2v) is 4.03. The Labute approximate surface area is 80.7 Å². The second kappa shape index (κ2) is 4.13. The van der Waals surface area contributed by atoms with E-state index in [2.05, 4.69) is 22.1 Å². The minimum atomic E-state index is 0.773. The van der Waals surface area contributed by atoms with Gasteiger partial charge in [-0.3, -0.25) is 4.90 Å². The van der Waals surface area contributed by atoms with Crippen molar-refractivity contribution in [3.05, 3.63) is 0 Å². The predicted octanol–water partition coefficient (Wildman–Crippen LogP) is 0.693. The largest absolute Gasteiger partial charge is 0.315 e. The fourth-order valence-corrected chi connectivity index (χ4v) is 2.54. The van der Waals surface area contributed by atoms with E-state index in [0.717, 1.165) is 18.5 Å². The van der Waals surface area contributed by atoms with Crippen LogP contribution in [0.5, 0.6) is 0 Å². The third kappa shape index (κ3) is 1.87. The zero-order valence-corrected chi connectivity index (χ0v) is 8.34. The Morgan fingerprint density at radius 3 is 3.23 bits per heavy atom. The van der Waals surface area contributed by atoms with Crippen LogP contribution in [0.15, 0.2) is 0 Å². The fraction of sp³-hybridized carbons (Fsp3) is 0.818. The molecule has 0 aromatic rings. The summed E-state index contributed by atoms with van der Waals surface area (Å²) in [4.78, 5) is 2.55. The van der Waals surface area contributed by atoms with Gasteiger partial charge in [0.15, 0.2) is 0 Å². The van der Waals surface area contributed by atoms with Gasteiger partial charge in [-0.25, -0.2) is 0 Å². The summed E-state index contributed by atoms with van der Waals surface area (Å²) in [7, 11) is 0. The second-order valence-electron chi connectivity index (χ2n) is 4.03. The van der Waals surface area contributed by atoms with Crippen LogP contribution >= 0.6 is 0 Å². The summed E-state index contributed by atoms with van der Waals surface area (Å²) >= 11 is 0. The van der Waals surface area contributed by atoms with E-state index in [9.17, 15) is 0 Å². The van der Waals surface area contributed by atoms with Crippen molar-refractivity contribution in [3.8, 4) is 11.8 Å². The molecule has 2 aliphatic heterocycles. The molecule has 2 rings (SSSR count). The molecule has 2 atom stereocenters. The number of nitrogens with one attached hydrogen (secondary N) is 1. The number of rotatable bonds is 1. The molecule has 0 saturated carbocycles. The first kappa shape index (κ1) is 9.05. The van der Waals surface area contributed by atoms with Crippen LogP contribution < -0.4 is 5.32 Å². The van der Waals surface area contributed by atoms with Gasteiger partial charge in [0.05, 0.1) is 6.54 Å². The summed E-state index contributed by atoms with van der Waals surface area (Å²) in [5.41, 5.74) is 0. The van der Waals surface area contributed by atoms with Crippen molar-refractivity contribution in [2.75, 3.05) is 26.2 Å². The molecule has 0 aromatic heterocycles. The number of hydrogen-bond donors (Lipinski definition) is 1. The SMILES string of the molecule is CC#CCN1CCCC2CNCC21. The summed E-state index contributed by atoms with van der Waals surface area (Å²) in [5.74, 6) is 7.06. The lowest BCUT2D eigenvalue weighted by Gasteiger charge is -2.35. The summed E-state index contributed by atoms with van der Waals surface area (Å²) < 4.78 is 0. The molecule has 0 bridgehead atoms. The summed E-state index contributed by atoms with van der Waals surface area (Å²) in [5, 5.41) is 3.48. The topological polar surface area (TPSA) is 15.3 Å². The van der Waals surface area contributed by atoms with Gasteiger partial charge in [0, 0.05) is 12.6 Å². The molecule has 2 heteroatoms. The maximum Gasteiger partial charge on any atom is 0.0604 e. The summed E-state index contributed by atoms with van der Waals surface area (Å²) in [6, 6.07) is 0.773. The van der Waals surface area contributed by atoms with Crippen LogP contribution in [0.2, 0.25) is 0 Å². The van der Waals surface area contributed by atoms with E-state index in [-0.39, 0.29) is 0 Å². The zero-order chi connectivity index (χ0) is 9.10. The molecular weight excluding hydrogens is 160 g/mol. The third-order valence-corrected chi connectivity index (χ3v) is 3.25. The fourth-order valence-electron chi connectivity index (χ4n) is 2.54. The normalized spacial score (nSPS) is 33.6. The maximum atomic E-state index is 3.48. The molecule has 2 nitrogen and oxygen atoms in total. The van der Waals surface area contributed by atoms with Crippen molar-refractivity contribution in [1.29, 1.82) is 0 Å². The van der Waals surface area contributed by atoms with Gasteiger partial charge in [-0.1, -0.05) is 5.92 Å². The molecule has 2 aliphatic rings. The van der Waals surface area contributed by atoms with Gasteiger partial charge < -0.3 is 5.32 Å². The van der Waals surface area contributed by atoms with Gasteiger partial charge in [-0.15, -0.1) is 5.92 Å². The molecular formula is C11H18N2. The van der Waals surface area contributed by atoms with Gasteiger partial charge in [0.25, 0.3) is 0 Å². The minimum Gasteiger partial charge on any atom is -0.315 e. The van der Waals surface area contributed by atoms with E-state index >= 15 is 0 Å². The van der Waals surface area contributed by atoms with E-state index in [0.29, 0.717) is 0 Å². The maximum absolute atomic E-state index is 3.48. The van der Waals surface area contributed by atoms with Crippen molar-refractivity contribution in [1.82, 2.24) is 10.2 Å². The van der Waals surface area contributed by atoms with Gasteiger partial charge in [-0.05, 0) is 38.8 Å². The van der Waals surface area contributed by atoms with Crippen LogP contribution in [0.25, 0.3) is 0 Å². The van der Waals surface area contributed by atoms with E-state index < -0.39 is 0 Å². The third-order valence-electron chi connectivity index (χ3n) is 3.25. The highest BCUT2D eigenvalue weighted by Crippen LogP contribution is 2.25. The first-order valence-electron chi connectivity index (χ1n) is 5.26. The average molecular weight is 178 g/mol. The number of fused-ring (bicyclic) bond motifs is 1. The van der Waals surface area contributed by atoms with Crippen molar-refractivity contribution in [2.24, 2.45) is 5.92 Å². The molecule has 2 saturated heterocycles. The Balaban J connectivity index is 1.96. The highest BCUT2D eigenvalue weighted by molar-refractivity contribution is 5.01. The lowest BCUT2D eigenvalue weighted by atomic mass is 9.92. The zero-order valence-electron chi connectivity index (χ0n) is 8.34. The van der Waals surface area contributed by atoms with Crippen LogP contribution in [0, 0.1) is 17.8 Å². The Morgan fingerprint density at radius 1 is 1.46 bits per heavy atom. The quantitative estimate of drug-likeness (QED) is 0.594. The Morgan fingerprint density at radius 2 is 2.38 bits per heavy atom. The van der Waals surface area contributed by atoms with Gasteiger partial charge in [-0.2, -0.15) is 0 Å². The summed E-state index contributed by atoms with van der Waals surface area (Å²) in [6.45, 7) is 6.54. The lowest BCUT2D eigenvalue weighted by molar-refractivity contribution is 0.142. The van der Waals surface area contributed by atoms with Crippen molar-refractivity contribution < 1.29 is 0 Å². The summed E-state index contributed by atoms with van der Waals surface area (Å²) in [6.07, 6.45) is 2.77. The van der Waals surface area contributed by atoms with Gasteiger partial charge >= 0.3 is 0 Å². The number of nitrogens with zero attached hydrogens (tertiary/aromatic N) is 1. The molecule has 2 unspecified atom stereocenters. The van der Waals surface area contributed by atoms with Crippen molar-refractivity contribution >= 4 is 0 Å². The molecule has 2 fully saturated rings. The van der Waals surface area contributed by atoms with Crippen molar-refractivity contribution in [2.45, 2.75) is 25.8 Å². The van der Waals surface area contributed by atoms with Crippen LogP contribution in [-0.4, -0.2) is 37.1 Å². The predicted molar refractivity (Wildman–Crippen MR) is 54.4 cm³/mol. The van der Waals surface area contributed by atoms with Crippen LogP contribution in [0.4, 0.5) is 0 Å². The number of hydrogen-bond acceptors (Lipinski definition) is 2. The monoisotopic (exact) mass is 178 g/mol. The van der Waals surface area contributed by atoms with Crippen LogP contribution in [-0.2, 0) is 0 Å². The smallest absolute Gasteiger partial charge is 0.0604 e. The van der Waals surface area contributed by atoms with Crippen molar-refractivity contribution in [3.63, 3.8) is 0 Å². The molecule has 0 radical (unpaired) electrons. The molecule has 0 spiro atoms.